The Kier molecular flexibility index (Phi) is 5.49. The molecule has 3 N–H and O–H groups in total. The lowest BCUT2D eigenvalue weighted by Gasteiger charge is -2.11. The number of nitrogens with two attached hydrogens (primary N) is 1. The molecule has 132 valence electrons. The Hall–Kier alpha value is -3.34. The van der Waals surface area contributed by atoms with Crippen LogP contribution in [-0.4, -0.2) is 10.9 Å². The number of carbonyl (C=O) groups excluding carboxylic acids is 1. The summed E-state index contributed by atoms with van der Waals surface area (Å²) in [4.78, 5) is 16.1. The molecule has 26 heavy (non-hydrogen) atoms. The zero-order valence-electron chi connectivity index (χ0n) is 14.6. The third-order valence-electron chi connectivity index (χ3n) is 4.04. The van der Waals surface area contributed by atoms with Gasteiger partial charge in [0, 0.05) is 12.7 Å². The first-order valence-corrected chi connectivity index (χ1v) is 8.50. The van der Waals surface area contributed by atoms with Crippen molar-refractivity contribution in [1.82, 2.24) is 10.3 Å². The van der Waals surface area contributed by atoms with Crippen molar-refractivity contribution in [2.75, 3.05) is 5.73 Å². The van der Waals surface area contributed by atoms with E-state index in [2.05, 4.69) is 23.3 Å². The molecule has 0 spiro atoms. The number of para-hydroxylation sites is 1. The van der Waals surface area contributed by atoms with E-state index >= 15 is 0 Å². The van der Waals surface area contributed by atoms with E-state index in [0.717, 1.165) is 29.0 Å². The van der Waals surface area contributed by atoms with E-state index in [1.807, 2.05) is 42.5 Å². The zero-order valence-corrected chi connectivity index (χ0v) is 14.6. The van der Waals surface area contributed by atoms with Gasteiger partial charge >= 0.3 is 0 Å². The molecule has 5 nitrogen and oxygen atoms in total. The van der Waals surface area contributed by atoms with Gasteiger partial charge in [-0.1, -0.05) is 37.3 Å². The lowest BCUT2D eigenvalue weighted by Crippen LogP contribution is -2.24. The molecule has 0 radical (unpaired) electrons. The zero-order chi connectivity index (χ0) is 18.4. The van der Waals surface area contributed by atoms with Gasteiger partial charge in [0.05, 0.1) is 5.56 Å². The Morgan fingerprint density at radius 3 is 2.58 bits per heavy atom. The van der Waals surface area contributed by atoms with Crippen LogP contribution in [0, 0.1) is 0 Å². The van der Waals surface area contributed by atoms with E-state index in [0.29, 0.717) is 12.1 Å². The first-order chi connectivity index (χ1) is 12.7. The van der Waals surface area contributed by atoms with E-state index in [4.69, 9.17) is 10.5 Å². The lowest BCUT2D eigenvalue weighted by molar-refractivity contribution is 0.0951. The third-order valence-corrected chi connectivity index (χ3v) is 4.04. The summed E-state index contributed by atoms with van der Waals surface area (Å²) in [5, 5.41) is 2.84. The summed E-state index contributed by atoms with van der Waals surface area (Å²) < 4.78 is 5.95. The molecule has 0 saturated heterocycles. The van der Waals surface area contributed by atoms with E-state index < -0.39 is 0 Å². The number of benzene rings is 2. The van der Waals surface area contributed by atoms with Gasteiger partial charge in [0.1, 0.15) is 17.3 Å². The summed E-state index contributed by atoms with van der Waals surface area (Å²) >= 11 is 0. The second kappa shape index (κ2) is 8.16. The molecule has 0 bridgehead atoms. The van der Waals surface area contributed by atoms with Crippen molar-refractivity contribution in [2.45, 2.75) is 19.9 Å². The maximum atomic E-state index is 12.2. The molecule has 0 unspecified atom stereocenters. The molecule has 0 atom stereocenters. The number of rotatable bonds is 6. The van der Waals surface area contributed by atoms with Crippen LogP contribution in [0.1, 0.15) is 28.4 Å². The van der Waals surface area contributed by atoms with E-state index in [1.54, 1.807) is 18.3 Å². The minimum Gasteiger partial charge on any atom is -0.457 e. The van der Waals surface area contributed by atoms with Gasteiger partial charge in [0.2, 0.25) is 0 Å². The molecular formula is C21H21N3O2. The van der Waals surface area contributed by atoms with Gasteiger partial charge in [-0.3, -0.25) is 4.79 Å². The summed E-state index contributed by atoms with van der Waals surface area (Å²) in [5.41, 5.74) is 8.23. The van der Waals surface area contributed by atoms with Crippen molar-refractivity contribution in [1.29, 1.82) is 0 Å². The van der Waals surface area contributed by atoms with Crippen molar-refractivity contribution < 1.29 is 9.53 Å². The molecule has 0 aliphatic rings. The lowest BCUT2D eigenvalue weighted by atomic mass is 10.1. The van der Waals surface area contributed by atoms with Crippen LogP contribution >= 0.6 is 0 Å². The Morgan fingerprint density at radius 2 is 1.85 bits per heavy atom. The average Bonchev–Trinajstić information content (AvgIpc) is 2.68. The number of carbonyl (C=O) groups is 1. The fourth-order valence-electron chi connectivity index (χ4n) is 2.58. The highest BCUT2D eigenvalue weighted by Gasteiger charge is 2.09. The predicted octanol–water partition coefficient (Wildman–Crippen LogP) is 3.95. The Morgan fingerprint density at radius 1 is 1.08 bits per heavy atom. The van der Waals surface area contributed by atoms with Crippen molar-refractivity contribution >= 4 is 11.7 Å². The Bertz CT molecular complexity index is 892. The Labute approximate surface area is 152 Å². The number of hydrogen-bond acceptors (Lipinski definition) is 4. The van der Waals surface area contributed by atoms with E-state index in [1.165, 1.54) is 0 Å². The van der Waals surface area contributed by atoms with E-state index in [-0.39, 0.29) is 11.7 Å². The summed E-state index contributed by atoms with van der Waals surface area (Å²) in [6.07, 6.45) is 2.47. The Balaban J connectivity index is 1.61. The molecule has 0 aliphatic heterocycles. The van der Waals surface area contributed by atoms with Crippen LogP contribution in [0.5, 0.6) is 11.5 Å². The predicted molar refractivity (Wildman–Crippen MR) is 102 cm³/mol. The molecule has 2 aromatic carbocycles. The van der Waals surface area contributed by atoms with Crippen molar-refractivity contribution in [3.8, 4) is 11.5 Å². The van der Waals surface area contributed by atoms with Crippen LogP contribution < -0.4 is 15.8 Å². The number of aromatic nitrogens is 1. The minimum atomic E-state index is -0.243. The molecule has 3 aromatic rings. The van der Waals surface area contributed by atoms with Gasteiger partial charge < -0.3 is 15.8 Å². The number of ether oxygens (including phenoxy) is 1. The maximum Gasteiger partial charge on any atom is 0.255 e. The van der Waals surface area contributed by atoms with Crippen LogP contribution in [0.15, 0.2) is 66.9 Å². The summed E-state index contributed by atoms with van der Waals surface area (Å²) in [5.74, 6) is 1.61. The number of anilines is 1. The van der Waals surface area contributed by atoms with Crippen molar-refractivity contribution in [2.24, 2.45) is 0 Å². The van der Waals surface area contributed by atoms with Crippen LogP contribution in [-0.2, 0) is 13.0 Å². The fraction of sp³-hybridized carbons (Fsp3) is 0.143. The second-order valence-corrected chi connectivity index (χ2v) is 5.83. The van der Waals surface area contributed by atoms with E-state index in [9.17, 15) is 4.79 Å². The highest BCUT2D eigenvalue weighted by Crippen LogP contribution is 2.25. The molecule has 0 saturated carbocycles. The monoisotopic (exact) mass is 347 g/mol. The van der Waals surface area contributed by atoms with Gasteiger partial charge in [0.25, 0.3) is 5.91 Å². The highest BCUT2D eigenvalue weighted by molar-refractivity contribution is 5.98. The van der Waals surface area contributed by atoms with Gasteiger partial charge in [-0.25, -0.2) is 4.98 Å². The van der Waals surface area contributed by atoms with Crippen molar-refractivity contribution in [3.05, 3.63) is 83.6 Å². The first kappa shape index (κ1) is 17.5. The van der Waals surface area contributed by atoms with Crippen molar-refractivity contribution in [3.63, 3.8) is 0 Å². The molecule has 1 heterocycles. The smallest absolute Gasteiger partial charge is 0.255 e. The quantitative estimate of drug-likeness (QED) is 0.708. The molecule has 1 aromatic heterocycles. The van der Waals surface area contributed by atoms with Crippen LogP contribution in [0.25, 0.3) is 0 Å². The SMILES string of the molecule is CCc1ccccc1Oc1ccc(CNC(=O)c2cccnc2N)cc1. The molecular weight excluding hydrogens is 326 g/mol. The highest BCUT2D eigenvalue weighted by atomic mass is 16.5. The molecule has 3 rings (SSSR count). The van der Waals surface area contributed by atoms with Gasteiger partial charge in [-0.05, 0) is 47.9 Å². The molecule has 0 aliphatic carbocycles. The number of hydrogen-bond donors (Lipinski definition) is 2. The topological polar surface area (TPSA) is 77.2 Å². The average molecular weight is 347 g/mol. The number of pyridine rings is 1. The number of aryl methyl sites for hydroxylation is 1. The normalized spacial score (nSPS) is 10.3. The number of nitrogens with one attached hydrogen (secondary N) is 1. The minimum absolute atomic E-state index is 0.225. The van der Waals surface area contributed by atoms with Crippen LogP contribution in [0.3, 0.4) is 0 Å². The summed E-state index contributed by atoms with van der Waals surface area (Å²) in [7, 11) is 0. The van der Waals surface area contributed by atoms with Gasteiger partial charge in [0.15, 0.2) is 0 Å². The van der Waals surface area contributed by atoms with Gasteiger partial charge in [-0.15, -0.1) is 0 Å². The fourth-order valence-corrected chi connectivity index (χ4v) is 2.58. The van der Waals surface area contributed by atoms with Crippen LogP contribution in [0.4, 0.5) is 5.82 Å². The molecule has 0 fully saturated rings. The number of nitrogen functional groups attached to an aromatic ring is 1. The first-order valence-electron chi connectivity index (χ1n) is 8.50. The number of amides is 1. The van der Waals surface area contributed by atoms with Gasteiger partial charge in [-0.2, -0.15) is 0 Å². The second-order valence-electron chi connectivity index (χ2n) is 5.83. The molecule has 1 amide bonds. The summed E-state index contributed by atoms with van der Waals surface area (Å²) in [6, 6.07) is 19.0. The standard InChI is InChI=1S/C21H21N3O2/c1-2-16-6-3-4-8-19(16)26-17-11-9-15(10-12-17)14-24-21(25)18-7-5-13-23-20(18)22/h3-13H,2,14H2,1H3,(H2,22,23)(H,24,25). The maximum absolute atomic E-state index is 12.2. The van der Waals surface area contributed by atoms with Crippen LogP contribution in [0.2, 0.25) is 0 Å². The number of nitrogens with zero attached hydrogens (tertiary/aromatic N) is 1. The molecule has 5 heteroatoms. The largest absolute Gasteiger partial charge is 0.457 e. The third kappa shape index (κ3) is 4.19. The summed E-state index contributed by atoms with van der Waals surface area (Å²) in [6.45, 7) is 2.50.